The van der Waals surface area contributed by atoms with Gasteiger partial charge in [0.1, 0.15) is 5.75 Å². The van der Waals surface area contributed by atoms with Crippen molar-refractivity contribution in [2.45, 2.75) is 52.5 Å². The fourth-order valence-electron chi connectivity index (χ4n) is 2.41. The highest BCUT2D eigenvalue weighted by atomic mass is 16.5. The summed E-state index contributed by atoms with van der Waals surface area (Å²) in [5.41, 5.74) is 2.81. The number of benzene rings is 1. The number of hydrogen-bond donors (Lipinski definition) is 1. The van der Waals surface area contributed by atoms with E-state index in [-0.39, 0.29) is 18.6 Å². The molecule has 0 saturated carbocycles. The summed E-state index contributed by atoms with van der Waals surface area (Å²) in [6.07, 6.45) is 4.83. The van der Waals surface area contributed by atoms with E-state index in [4.69, 9.17) is 4.74 Å². The number of hydrogen-bond acceptors (Lipinski definition) is 2. The summed E-state index contributed by atoms with van der Waals surface area (Å²) >= 11 is 0. The minimum Gasteiger partial charge on any atom is -0.484 e. The summed E-state index contributed by atoms with van der Waals surface area (Å²) < 4.78 is 5.60. The second kappa shape index (κ2) is 6.78. The van der Waals surface area contributed by atoms with Crippen molar-refractivity contribution >= 4 is 5.91 Å². The second-order valence-corrected chi connectivity index (χ2v) is 6.03. The Morgan fingerprint density at radius 3 is 2.60 bits per heavy atom. The first-order valence-corrected chi connectivity index (χ1v) is 7.60. The lowest BCUT2D eigenvalue weighted by atomic mass is 9.92. The average molecular weight is 275 g/mol. The van der Waals surface area contributed by atoms with Crippen LogP contribution in [0.5, 0.6) is 5.75 Å². The number of aryl methyl sites for hydroxylation is 2. The van der Waals surface area contributed by atoms with Crippen LogP contribution in [0.1, 0.15) is 44.7 Å². The summed E-state index contributed by atoms with van der Waals surface area (Å²) in [6.45, 7) is 6.29. The maximum absolute atomic E-state index is 11.8. The Bertz CT molecular complexity index is 468. The van der Waals surface area contributed by atoms with Gasteiger partial charge in [0.15, 0.2) is 6.61 Å². The topological polar surface area (TPSA) is 38.3 Å². The number of fused-ring (bicyclic) bond motifs is 1. The maximum atomic E-state index is 11.8. The SMILES string of the molecule is CC(C)[C@@H](C)NC(=O)COc1ccc2c(c1)CCCC2. The van der Waals surface area contributed by atoms with Crippen LogP contribution in [0.2, 0.25) is 0 Å². The first-order valence-electron chi connectivity index (χ1n) is 7.60. The van der Waals surface area contributed by atoms with Gasteiger partial charge in [0.25, 0.3) is 5.91 Å². The molecule has 0 unspecified atom stereocenters. The van der Waals surface area contributed by atoms with E-state index in [0.717, 1.165) is 12.2 Å². The molecule has 0 fully saturated rings. The van der Waals surface area contributed by atoms with Crippen LogP contribution in [-0.4, -0.2) is 18.6 Å². The normalized spacial score (nSPS) is 15.6. The zero-order valence-electron chi connectivity index (χ0n) is 12.7. The molecular formula is C17H25NO2. The molecule has 1 aromatic carbocycles. The van der Waals surface area contributed by atoms with Gasteiger partial charge < -0.3 is 10.1 Å². The number of rotatable bonds is 5. The van der Waals surface area contributed by atoms with Crippen molar-refractivity contribution in [1.29, 1.82) is 0 Å². The van der Waals surface area contributed by atoms with Crippen molar-refractivity contribution in [3.8, 4) is 5.75 Å². The highest BCUT2D eigenvalue weighted by Gasteiger charge is 2.13. The summed E-state index contributed by atoms with van der Waals surface area (Å²) in [5, 5.41) is 2.95. The molecule has 0 spiro atoms. The van der Waals surface area contributed by atoms with Gasteiger partial charge in [-0.2, -0.15) is 0 Å². The van der Waals surface area contributed by atoms with Gasteiger partial charge in [-0.3, -0.25) is 4.79 Å². The smallest absolute Gasteiger partial charge is 0.258 e. The lowest BCUT2D eigenvalue weighted by Gasteiger charge is -2.18. The van der Waals surface area contributed by atoms with Crippen molar-refractivity contribution in [3.63, 3.8) is 0 Å². The zero-order chi connectivity index (χ0) is 14.5. The molecule has 20 heavy (non-hydrogen) atoms. The predicted octanol–water partition coefficient (Wildman–Crippen LogP) is 3.10. The molecule has 1 atom stereocenters. The molecule has 0 aliphatic heterocycles. The number of carbonyl (C=O) groups excluding carboxylic acids is 1. The van der Waals surface area contributed by atoms with Crippen LogP contribution < -0.4 is 10.1 Å². The molecule has 3 heteroatoms. The average Bonchev–Trinajstić information content (AvgIpc) is 2.44. The minimum absolute atomic E-state index is 0.0519. The molecule has 0 radical (unpaired) electrons. The van der Waals surface area contributed by atoms with E-state index in [0.29, 0.717) is 5.92 Å². The van der Waals surface area contributed by atoms with E-state index in [1.165, 1.54) is 30.4 Å². The van der Waals surface area contributed by atoms with Gasteiger partial charge in [0, 0.05) is 6.04 Å². The Morgan fingerprint density at radius 1 is 1.20 bits per heavy atom. The van der Waals surface area contributed by atoms with Gasteiger partial charge in [0.2, 0.25) is 0 Å². The van der Waals surface area contributed by atoms with Crippen molar-refractivity contribution < 1.29 is 9.53 Å². The summed E-state index contributed by atoms with van der Waals surface area (Å²) in [5.74, 6) is 1.18. The molecule has 1 N–H and O–H groups in total. The Kier molecular flexibility index (Phi) is 5.05. The summed E-state index contributed by atoms with van der Waals surface area (Å²) in [4.78, 5) is 11.8. The van der Waals surface area contributed by atoms with E-state index in [2.05, 4.69) is 31.3 Å². The van der Waals surface area contributed by atoms with E-state index in [1.54, 1.807) is 0 Å². The Labute approximate surface area is 121 Å². The molecular weight excluding hydrogens is 250 g/mol. The second-order valence-electron chi connectivity index (χ2n) is 6.03. The first kappa shape index (κ1) is 14.9. The molecule has 1 aliphatic carbocycles. The molecule has 1 aliphatic rings. The Hall–Kier alpha value is -1.51. The van der Waals surface area contributed by atoms with Crippen LogP contribution in [0.15, 0.2) is 18.2 Å². The minimum atomic E-state index is -0.0519. The van der Waals surface area contributed by atoms with E-state index >= 15 is 0 Å². The standard InChI is InChI=1S/C17H25NO2/c1-12(2)13(3)18-17(19)11-20-16-9-8-14-6-4-5-7-15(14)10-16/h8-10,12-13H,4-7,11H2,1-3H3,(H,18,19)/t13-/m1/s1. The third-order valence-electron chi connectivity index (χ3n) is 4.08. The molecule has 0 heterocycles. The number of ether oxygens (including phenoxy) is 1. The van der Waals surface area contributed by atoms with Crippen LogP contribution >= 0.6 is 0 Å². The molecule has 0 bridgehead atoms. The quantitative estimate of drug-likeness (QED) is 0.896. The van der Waals surface area contributed by atoms with Gasteiger partial charge >= 0.3 is 0 Å². The van der Waals surface area contributed by atoms with Gasteiger partial charge in [-0.05, 0) is 61.8 Å². The van der Waals surface area contributed by atoms with Crippen molar-refractivity contribution in [1.82, 2.24) is 5.32 Å². The van der Waals surface area contributed by atoms with Crippen LogP contribution in [0.4, 0.5) is 0 Å². The molecule has 3 nitrogen and oxygen atoms in total. The molecule has 2 rings (SSSR count). The van der Waals surface area contributed by atoms with Gasteiger partial charge in [-0.1, -0.05) is 19.9 Å². The lowest BCUT2D eigenvalue weighted by Crippen LogP contribution is -2.38. The first-order chi connectivity index (χ1) is 9.56. The van der Waals surface area contributed by atoms with Gasteiger partial charge in [-0.15, -0.1) is 0 Å². The van der Waals surface area contributed by atoms with Crippen molar-refractivity contribution in [2.24, 2.45) is 5.92 Å². The fourth-order valence-corrected chi connectivity index (χ4v) is 2.41. The third-order valence-corrected chi connectivity index (χ3v) is 4.08. The third kappa shape index (κ3) is 3.99. The van der Waals surface area contributed by atoms with Crippen LogP contribution in [0, 0.1) is 5.92 Å². The van der Waals surface area contributed by atoms with E-state index in [9.17, 15) is 4.79 Å². The van der Waals surface area contributed by atoms with Gasteiger partial charge in [0.05, 0.1) is 0 Å². The highest BCUT2D eigenvalue weighted by Crippen LogP contribution is 2.25. The molecule has 110 valence electrons. The van der Waals surface area contributed by atoms with E-state index < -0.39 is 0 Å². The van der Waals surface area contributed by atoms with Crippen LogP contribution in [0.25, 0.3) is 0 Å². The summed E-state index contributed by atoms with van der Waals surface area (Å²) in [6, 6.07) is 6.38. The Morgan fingerprint density at radius 2 is 1.90 bits per heavy atom. The van der Waals surface area contributed by atoms with Crippen molar-refractivity contribution in [2.75, 3.05) is 6.61 Å². The van der Waals surface area contributed by atoms with Crippen molar-refractivity contribution in [3.05, 3.63) is 29.3 Å². The van der Waals surface area contributed by atoms with Gasteiger partial charge in [-0.25, -0.2) is 0 Å². The maximum Gasteiger partial charge on any atom is 0.258 e. The molecule has 0 aromatic heterocycles. The summed E-state index contributed by atoms with van der Waals surface area (Å²) in [7, 11) is 0. The molecule has 0 saturated heterocycles. The van der Waals surface area contributed by atoms with Crippen LogP contribution in [0.3, 0.4) is 0 Å². The molecule has 1 amide bonds. The predicted molar refractivity (Wildman–Crippen MR) is 81.0 cm³/mol. The van der Waals surface area contributed by atoms with Crippen LogP contribution in [-0.2, 0) is 17.6 Å². The monoisotopic (exact) mass is 275 g/mol. The molecule has 1 aromatic rings. The Balaban J connectivity index is 1.86. The highest BCUT2D eigenvalue weighted by molar-refractivity contribution is 5.77. The van der Waals surface area contributed by atoms with E-state index in [1.807, 2.05) is 13.0 Å². The number of carbonyl (C=O) groups is 1. The largest absolute Gasteiger partial charge is 0.484 e. The number of amides is 1. The lowest BCUT2D eigenvalue weighted by molar-refractivity contribution is -0.124. The number of nitrogens with one attached hydrogen (secondary N) is 1. The zero-order valence-corrected chi connectivity index (χ0v) is 12.7. The fraction of sp³-hybridized carbons (Fsp3) is 0.588.